The Balaban J connectivity index is 2.40. The molecule has 0 unspecified atom stereocenters. The molecule has 0 saturated carbocycles. The van der Waals surface area contributed by atoms with Crippen molar-refractivity contribution in [2.24, 2.45) is 0 Å². The molecule has 1 aromatic heterocycles. The van der Waals surface area contributed by atoms with Crippen LogP contribution in [0.4, 0.5) is 0 Å². The number of thiazole rings is 1. The van der Waals surface area contributed by atoms with Gasteiger partial charge in [-0.1, -0.05) is 44.2 Å². The van der Waals surface area contributed by atoms with Gasteiger partial charge >= 0.3 is 0 Å². The van der Waals surface area contributed by atoms with Crippen LogP contribution >= 0.6 is 11.3 Å². The third-order valence-electron chi connectivity index (χ3n) is 2.63. The molecule has 17 heavy (non-hydrogen) atoms. The molecule has 2 rings (SSSR count). The van der Waals surface area contributed by atoms with Crippen molar-refractivity contribution in [1.29, 1.82) is 0 Å². The van der Waals surface area contributed by atoms with Crippen LogP contribution in [0, 0.1) is 0 Å². The van der Waals surface area contributed by atoms with Crippen LogP contribution in [-0.4, -0.2) is 12.0 Å². The number of hydrogen-bond donors (Lipinski definition) is 1. The van der Waals surface area contributed by atoms with E-state index in [1.54, 1.807) is 11.3 Å². The van der Waals surface area contributed by atoms with Crippen molar-refractivity contribution in [3.05, 3.63) is 40.9 Å². The molecule has 1 heterocycles. The molecule has 0 aliphatic heterocycles. The molecule has 0 aliphatic carbocycles. The second kappa shape index (κ2) is 5.43. The summed E-state index contributed by atoms with van der Waals surface area (Å²) in [6.45, 7) is 5.30. The van der Waals surface area contributed by atoms with Crippen molar-refractivity contribution in [3.63, 3.8) is 0 Å². The lowest BCUT2D eigenvalue weighted by molar-refractivity contribution is 0.771. The van der Waals surface area contributed by atoms with Crippen molar-refractivity contribution in [2.75, 3.05) is 7.05 Å². The van der Waals surface area contributed by atoms with Crippen molar-refractivity contribution >= 4 is 11.3 Å². The highest BCUT2D eigenvalue weighted by Crippen LogP contribution is 2.31. The van der Waals surface area contributed by atoms with E-state index in [1.165, 1.54) is 16.1 Å². The predicted molar refractivity (Wildman–Crippen MR) is 74.4 cm³/mol. The molecule has 0 aliphatic rings. The van der Waals surface area contributed by atoms with Gasteiger partial charge in [-0.05, 0) is 13.0 Å². The summed E-state index contributed by atoms with van der Waals surface area (Å²) in [5, 5.41) is 4.34. The molecule has 0 amide bonds. The summed E-state index contributed by atoms with van der Waals surface area (Å²) in [4.78, 5) is 6.13. The maximum atomic E-state index is 4.78. The quantitative estimate of drug-likeness (QED) is 0.890. The van der Waals surface area contributed by atoms with E-state index in [1.807, 2.05) is 13.1 Å². The molecule has 0 saturated heterocycles. The second-order valence-electron chi connectivity index (χ2n) is 4.38. The predicted octanol–water partition coefficient (Wildman–Crippen LogP) is 3.65. The average Bonchev–Trinajstić information content (AvgIpc) is 2.75. The van der Waals surface area contributed by atoms with Gasteiger partial charge in [0.2, 0.25) is 0 Å². The summed E-state index contributed by atoms with van der Waals surface area (Å²) in [5.41, 5.74) is 2.44. The van der Waals surface area contributed by atoms with Crippen LogP contribution in [-0.2, 0) is 6.54 Å². The molecule has 2 nitrogen and oxygen atoms in total. The summed E-state index contributed by atoms with van der Waals surface area (Å²) < 4.78 is 0. The Labute approximate surface area is 107 Å². The zero-order valence-corrected chi connectivity index (χ0v) is 11.3. The van der Waals surface area contributed by atoms with Gasteiger partial charge in [0.05, 0.1) is 5.69 Å². The highest BCUT2D eigenvalue weighted by molar-refractivity contribution is 7.15. The van der Waals surface area contributed by atoms with Gasteiger partial charge in [0, 0.05) is 17.0 Å². The minimum Gasteiger partial charge on any atom is -0.315 e. The summed E-state index contributed by atoms with van der Waals surface area (Å²) in [5.74, 6) is 0.479. The molecular weight excluding hydrogens is 228 g/mol. The molecule has 0 radical (unpaired) electrons. The van der Waals surface area contributed by atoms with E-state index in [0.29, 0.717) is 5.92 Å². The first-order valence-electron chi connectivity index (χ1n) is 5.92. The number of rotatable bonds is 4. The minimum atomic E-state index is 0.479. The molecule has 90 valence electrons. The number of hydrogen-bond acceptors (Lipinski definition) is 3. The lowest BCUT2D eigenvalue weighted by Gasteiger charge is -2.03. The van der Waals surface area contributed by atoms with E-state index >= 15 is 0 Å². The number of benzene rings is 1. The van der Waals surface area contributed by atoms with Crippen LogP contribution in [0.1, 0.15) is 30.3 Å². The zero-order valence-electron chi connectivity index (χ0n) is 10.5. The summed E-state index contributed by atoms with van der Waals surface area (Å²) >= 11 is 1.79. The molecule has 0 spiro atoms. The van der Waals surface area contributed by atoms with Gasteiger partial charge < -0.3 is 5.32 Å². The SMILES string of the molecule is CNCc1sc(-c2ccccc2)nc1C(C)C. The van der Waals surface area contributed by atoms with E-state index in [9.17, 15) is 0 Å². The van der Waals surface area contributed by atoms with Crippen LogP contribution in [0.5, 0.6) is 0 Å². The number of nitrogens with one attached hydrogen (secondary N) is 1. The first-order chi connectivity index (χ1) is 8.22. The first-order valence-corrected chi connectivity index (χ1v) is 6.73. The Morgan fingerprint density at radius 2 is 1.94 bits per heavy atom. The molecule has 0 atom stereocenters. The fraction of sp³-hybridized carbons (Fsp3) is 0.357. The Morgan fingerprint density at radius 3 is 2.53 bits per heavy atom. The van der Waals surface area contributed by atoms with Crippen LogP contribution in [0.2, 0.25) is 0 Å². The van der Waals surface area contributed by atoms with Gasteiger partial charge in [-0.3, -0.25) is 0 Å². The molecule has 2 aromatic rings. The maximum Gasteiger partial charge on any atom is 0.123 e. The standard InChI is InChI=1S/C14H18N2S/c1-10(2)13-12(9-15-3)17-14(16-13)11-7-5-4-6-8-11/h4-8,10,15H,9H2,1-3H3. The molecule has 3 heteroatoms. The van der Waals surface area contributed by atoms with Crippen molar-refractivity contribution in [1.82, 2.24) is 10.3 Å². The first kappa shape index (κ1) is 12.3. The highest BCUT2D eigenvalue weighted by Gasteiger charge is 2.14. The van der Waals surface area contributed by atoms with Crippen LogP contribution in [0.15, 0.2) is 30.3 Å². The third kappa shape index (κ3) is 2.73. The van der Waals surface area contributed by atoms with Gasteiger partial charge in [-0.15, -0.1) is 11.3 Å². The Morgan fingerprint density at radius 1 is 1.24 bits per heavy atom. The van der Waals surface area contributed by atoms with E-state index in [-0.39, 0.29) is 0 Å². The van der Waals surface area contributed by atoms with E-state index in [4.69, 9.17) is 4.98 Å². The normalized spacial score (nSPS) is 11.1. The smallest absolute Gasteiger partial charge is 0.123 e. The summed E-state index contributed by atoms with van der Waals surface area (Å²) in [7, 11) is 1.98. The van der Waals surface area contributed by atoms with Gasteiger partial charge in [0.25, 0.3) is 0 Å². The van der Waals surface area contributed by atoms with E-state index < -0.39 is 0 Å². The average molecular weight is 246 g/mol. The molecule has 0 bridgehead atoms. The lowest BCUT2D eigenvalue weighted by Crippen LogP contribution is -2.06. The molecule has 1 N–H and O–H groups in total. The fourth-order valence-electron chi connectivity index (χ4n) is 1.81. The van der Waals surface area contributed by atoms with Gasteiger partial charge in [0.15, 0.2) is 0 Å². The Hall–Kier alpha value is -1.19. The molecular formula is C14H18N2S. The van der Waals surface area contributed by atoms with Gasteiger partial charge in [-0.25, -0.2) is 4.98 Å². The van der Waals surface area contributed by atoms with Crippen LogP contribution in [0.3, 0.4) is 0 Å². The number of aromatic nitrogens is 1. The van der Waals surface area contributed by atoms with Gasteiger partial charge in [-0.2, -0.15) is 0 Å². The zero-order chi connectivity index (χ0) is 12.3. The number of nitrogens with zero attached hydrogens (tertiary/aromatic N) is 1. The summed E-state index contributed by atoms with van der Waals surface area (Å²) in [6, 6.07) is 10.4. The Kier molecular flexibility index (Phi) is 3.92. The van der Waals surface area contributed by atoms with E-state index in [2.05, 4.69) is 43.4 Å². The highest BCUT2D eigenvalue weighted by atomic mass is 32.1. The third-order valence-corrected chi connectivity index (χ3v) is 3.75. The van der Waals surface area contributed by atoms with Gasteiger partial charge in [0.1, 0.15) is 5.01 Å². The van der Waals surface area contributed by atoms with Crippen LogP contribution in [0.25, 0.3) is 10.6 Å². The Bertz CT molecular complexity index is 474. The summed E-state index contributed by atoms with van der Waals surface area (Å²) in [6.07, 6.45) is 0. The molecule has 1 aromatic carbocycles. The maximum absolute atomic E-state index is 4.78. The fourth-order valence-corrected chi connectivity index (χ4v) is 3.04. The van der Waals surface area contributed by atoms with Crippen molar-refractivity contribution in [2.45, 2.75) is 26.3 Å². The largest absolute Gasteiger partial charge is 0.315 e. The second-order valence-corrected chi connectivity index (χ2v) is 5.46. The van der Waals surface area contributed by atoms with Crippen LogP contribution < -0.4 is 5.32 Å². The van der Waals surface area contributed by atoms with Crippen molar-refractivity contribution in [3.8, 4) is 10.6 Å². The minimum absolute atomic E-state index is 0.479. The topological polar surface area (TPSA) is 24.9 Å². The van der Waals surface area contributed by atoms with E-state index in [0.717, 1.165) is 11.6 Å². The van der Waals surface area contributed by atoms with Crippen molar-refractivity contribution < 1.29 is 0 Å². The molecule has 0 fully saturated rings. The monoisotopic (exact) mass is 246 g/mol. The lowest BCUT2D eigenvalue weighted by atomic mass is 10.1.